The van der Waals surface area contributed by atoms with Gasteiger partial charge in [0.2, 0.25) is 0 Å². The zero-order chi connectivity index (χ0) is 9.38. The fraction of sp³-hybridized carbons (Fsp3) is 0.400. The van der Waals surface area contributed by atoms with Crippen molar-refractivity contribution in [1.82, 2.24) is 0 Å². The van der Waals surface area contributed by atoms with Crippen LogP contribution >= 0.6 is 47.0 Å². The molecule has 0 spiro atoms. The van der Waals surface area contributed by atoms with E-state index in [-0.39, 0.29) is 0 Å². The van der Waals surface area contributed by atoms with E-state index >= 15 is 0 Å². The molecule has 1 aromatic rings. The van der Waals surface area contributed by atoms with Crippen LogP contribution in [0.3, 0.4) is 0 Å². The first-order valence-corrected chi connectivity index (χ1v) is 8.43. The molecule has 2 aliphatic heterocycles. The Balaban J connectivity index is 1.76. The summed E-state index contributed by atoms with van der Waals surface area (Å²) >= 11 is 8.19. The summed E-state index contributed by atoms with van der Waals surface area (Å²) in [6.07, 6.45) is 0. The molecular formula is C10H10S4. The fourth-order valence-electron chi connectivity index (χ4n) is 1.14. The molecule has 0 aromatic heterocycles. The summed E-state index contributed by atoms with van der Waals surface area (Å²) in [6, 6.07) is 8.83. The largest absolute Gasteiger partial charge is 0.144 e. The van der Waals surface area contributed by atoms with Crippen LogP contribution in [0.2, 0.25) is 0 Å². The van der Waals surface area contributed by atoms with E-state index in [9.17, 15) is 0 Å². The van der Waals surface area contributed by atoms with Crippen LogP contribution in [-0.2, 0) is 0 Å². The highest BCUT2D eigenvalue weighted by atomic mass is 32.2. The zero-order valence-electron chi connectivity index (χ0n) is 7.51. The molecule has 3 rings (SSSR count). The topological polar surface area (TPSA) is 0 Å². The number of benzene rings is 1. The van der Waals surface area contributed by atoms with Crippen molar-refractivity contribution in [2.45, 2.75) is 19.0 Å². The van der Waals surface area contributed by atoms with Crippen molar-refractivity contribution in [1.29, 1.82) is 0 Å². The lowest BCUT2D eigenvalue weighted by atomic mass is 10.4. The molecule has 2 saturated heterocycles. The predicted molar refractivity (Wildman–Crippen MR) is 70.6 cm³/mol. The molecule has 0 N–H and O–H groups in total. The number of hydrogen-bond donors (Lipinski definition) is 0. The van der Waals surface area contributed by atoms with E-state index in [1.165, 1.54) is 21.3 Å². The Morgan fingerprint density at radius 2 is 1.36 bits per heavy atom. The van der Waals surface area contributed by atoms with Gasteiger partial charge in [0.1, 0.15) is 0 Å². The molecule has 0 saturated carbocycles. The molecule has 0 aliphatic carbocycles. The Hall–Kier alpha value is 0.620. The molecule has 2 fully saturated rings. The van der Waals surface area contributed by atoms with Gasteiger partial charge < -0.3 is 0 Å². The van der Waals surface area contributed by atoms with Crippen molar-refractivity contribution in [3.05, 3.63) is 24.3 Å². The highest BCUT2D eigenvalue weighted by Gasteiger charge is 2.27. The summed E-state index contributed by atoms with van der Waals surface area (Å²) in [7, 11) is 0. The minimum absolute atomic E-state index is 0.837. The number of hydrogen-bond acceptors (Lipinski definition) is 4. The highest BCUT2D eigenvalue weighted by Crippen LogP contribution is 2.50. The molecule has 2 heterocycles. The summed E-state index contributed by atoms with van der Waals surface area (Å²) in [5, 5.41) is 0. The number of thioether (sulfide) groups is 4. The minimum Gasteiger partial charge on any atom is -0.144 e. The Labute approximate surface area is 101 Å². The molecule has 0 radical (unpaired) electrons. The average Bonchev–Trinajstić information content (AvgIpc) is 3.01. The van der Waals surface area contributed by atoms with Crippen molar-refractivity contribution < 1.29 is 0 Å². The van der Waals surface area contributed by atoms with Crippen LogP contribution < -0.4 is 0 Å². The Morgan fingerprint density at radius 3 is 1.71 bits per heavy atom. The predicted octanol–water partition coefficient (Wildman–Crippen LogP) is 4.02. The Bertz CT molecular complexity index is 298. The van der Waals surface area contributed by atoms with E-state index < -0.39 is 0 Å². The van der Waals surface area contributed by atoms with E-state index in [0.717, 1.165) is 9.16 Å². The Morgan fingerprint density at radius 1 is 0.929 bits per heavy atom. The van der Waals surface area contributed by atoms with Gasteiger partial charge in [-0.05, 0) is 12.1 Å². The maximum Gasteiger partial charge on any atom is 0.0641 e. The van der Waals surface area contributed by atoms with Crippen LogP contribution in [-0.4, -0.2) is 20.7 Å². The van der Waals surface area contributed by atoms with E-state index in [0.29, 0.717) is 0 Å². The van der Waals surface area contributed by atoms with Gasteiger partial charge in [-0.25, -0.2) is 0 Å². The fourth-order valence-corrected chi connectivity index (χ4v) is 5.02. The zero-order valence-corrected chi connectivity index (χ0v) is 10.8. The van der Waals surface area contributed by atoms with Gasteiger partial charge in [-0.15, -0.1) is 47.0 Å². The molecule has 2 atom stereocenters. The molecule has 0 bridgehead atoms. The lowest BCUT2D eigenvalue weighted by Gasteiger charge is -2.05. The average molecular weight is 258 g/mol. The van der Waals surface area contributed by atoms with E-state index in [1.54, 1.807) is 0 Å². The lowest BCUT2D eigenvalue weighted by Crippen LogP contribution is -1.82. The minimum atomic E-state index is 0.837. The molecule has 0 amide bonds. The van der Waals surface area contributed by atoms with E-state index in [4.69, 9.17) is 0 Å². The molecule has 74 valence electrons. The van der Waals surface area contributed by atoms with Gasteiger partial charge in [-0.2, -0.15) is 0 Å². The summed E-state index contributed by atoms with van der Waals surface area (Å²) in [5.41, 5.74) is 0. The molecule has 14 heavy (non-hydrogen) atoms. The highest BCUT2D eigenvalue weighted by molar-refractivity contribution is 8.24. The molecule has 1 aromatic carbocycles. The van der Waals surface area contributed by atoms with E-state index in [2.05, 4.69) is 47.8 Å². The van der Waals surface area contributed by atoms with Crippen LogP contribution in [0.5, 0.6) is 0 Å². The van der Waals surface area contributed by atoms with Gasteiger partial charge in [0.15, 0.2) is 0 Å². The monoisotopic (exact) mass is 258 g/mol. The molecule has 4 heteroatoms. The summed E-state index contributed by atoms with van der Waals surface area (Å²) in [6.45, 7) is 0. The van der Waals surface area contributed by atoms with Crippen LogP contribution in [0.1, 0.15) is 0 Å². The summed E-state index contributed by atoms with van der Waals surface area (Å²) < 4.78 is 1.67. The Kier molecular flexibility index (Phi) is 2.97. The van der Waals surface area contributed by atoms with Crippen molar-refractivity contribution in [2.75, 3.05) is 11.5 Å². The van der Waals surface area contributed by atoms with Crippen LogP contribution in [0.25, 0.3) is 0 Å². The second-order valence-corrected chi connectivity index (χ2v) is 8.77. The number of rotatable bonds is 4. The lowest BCUT2D eigenvalue weighted by molar-refractivity contribution is 1.24. The van der Waals surface area contributed by atoms with Gasteiger partial charge in [0.05, 0.1) is 9.16 Å². The first-order valence-electron chi connectivity index (χ1n) is 4.57. The van der Waals surface area contributed by atoms with Crippen molar-refractivity contribution >= 4 is 47.0 Å². The standard InChI is InChI=1S/C10H10S4/c1-2-4-8(14-10-6-12-10)7(3-1)13-9-5-11-9/h1-4,9-10H,5-6H2. The van der Waals surface area contributed by atoms with E-state index in [1.807, 2.05) is 23.5 Å². The first-order chi connectivity index (χ1) is 6.92. The van der Waals surface area contributed by atoms with Crippen molar-refractivity contribution in [3.8, 4) is 0 Å². The SMILES string of the molecule is c1ccc(SC2CS2)c(SC2CS2)c1. The van der Waals surface area contributed by atoms with Gasteiger partial charge in [0, 0.05) is 21.3 Å². The second-order valence-electron chi connectivity index (χ2n) is 3.21. The second kappa shape index (κ2) is 4.24. The summed E-state index contributed by atoms with van der Waals surface area (Å²) in [4.78, 5) is 2.97. The van der Waals surface area contributed by atoms with Gasteiger partial charge in [0.25, 0.3) is 0 Å². The van der Waals surface area contributed by atoms with Crippen molar-refractivity contribution in [3.63, 3.8) is 0 Å². The molecule has 2 unspecified atom stereocenters. The molecule has 2 aliphatic rings. The maximum atomic E-state index is 2.26. The van der Waals surface area contributed by atoms with Gasteiger partial charge >= 0.3 is 0 Å². The van der Waals surface area contributed by atoms with Gasteiger partial charge in [-0.3, -0.25) is 0 Å². The maximum absolute atomic E-state index is 2.26. The molecular weight excluding hydrogens is 248 g/mol. The van der Waals surface area contributed by atoms with Gasteiger partial charge in [-0.1, -0.05) is 12.1 Å². The van der Waals surface area contributed by atoms with Crippen molar-refractivity contribution in [2.24, 2.45) is 0 Å². The third-order valence-electron chi connectivity index (χ3n) is 1.97. The normalized spacial score (nSPS) is 28.9. The van der Waals surface area contributed by atoms with Crippen LogP contribution in [0, 0.1) is 0 Å². The smallest absolute Gasteiger partial charge is 0.0641 e. The molecule has 0 nitrogen and oxygen atoms in total. The van der Waals surface area contributed by atoms with Crippen LogP contribution in [0.4, 0.5) is 0 Å². The third kappa shape index (κ3) is 2.60. The third-order valence-corrected chi connectivity index (χ3v) is 7.27. The van der Waals surface area contributed by atoms with Crippen LogP contribution in [0.15, 0.2) is 34.1 Å². The summed E-state index contributed by atoms with van der Waals surface area (Å²) in [5.74, 6) is 2.67. The quantitative estimate of drug-likeness (QED) is 0.748. The first kappa shape index (κ1) is 9.82.